The fourth-order valence-corrected chi connectivity index (χ4v) is 5.42. The van der Waals surface area contributed by atoms with Crippen molar-refractivity contribution in [3.63, 3.8) is 0 Å². The highest BCUT2D eigenvalue weighted by molar-refractivity contribution is 6.07. The topological polar surface area (TPSA) is 61.4 Å². The SMILES string of the molecule is O=C(NC1CC2CCC(C1)N2)C1CCN(C(=O)c2cccc3ccccc23)CC1. The second kappa shape index (κ2) is 7.79. The molecule has 0 aromatic heterocycles. The van der Waals surface area contributed by atoms with Crippen LogP contribution in [0.3, 0.4) is 0 Å². The van der Waals surface area contributed by atoms with E-state index in [4.69, 9.17) is 0 Å². The van der Waals surface area contributed by atoms with Crippen molar-refractivity contribution in [1.29, 1.82) is 0 Å². The lowest BCUT2D eigenvalue weighted by Crippen LogP contribution is -2.50. The first kappa shape index (κ1) is 18.6. The van der Waals surface area contributed by atoms with Gasteiger partial charge in [-0.3, -0.25) is 9.59 Å². The first-order chi connectivity index (χ1) is 14.2. The summed E-state index contributed by atoms with van der Waals surface area (Å²) in [7, 11) is 0. The van der Waals surface area contributed by atoms with E-state index in [1.807, 2.05) is 47.4 Å². The Bertz CT molecular complexity index is 902. The predicted octanol–water partition coefficient (Wildman–Crippen LogP) is 3.09. The van der Waals surface area contributed by atoms with Gasteiger partial charge in [0.15, 0.2) is 0 Å². The number of hydrogen-bond donors (Lipinski definition) is 2. The first-order valence-corrected chi connectivity index (χ1v) is 11.0. The van der Waals surface area contributed by atoms with E-state index in [0.29, 0.717) is 31.2 Å². The first-order valence-electron chi connectivity index (χ1n) is 11.0. The Morgan fingerprint density at radius 3 is 2.34 bits per heavy atom. The van der Waals surface area contributed by atoms with Crippen LogP contribution in [-0.4, -0.2) is 47.9 Å². The summed E-state index contributed by atoms with van der Waals surface area (Å²) in [6.45, 7) is 1.30. The van der Waals surface area contributed by atoms with Crippen LogP contribution in [0.15, 0.2) is 42.5 Å². The average Bonchev–Trinajstić information content (AvgIpc) is 3.11. The lowest BCUT2D eigenvalue weighted by molar-refractivity contribution is -0.127. The number of carbonyl (C=O) groups is 2. The van der Waals surface area contributed by atoms with Crippen LogP contribution in [0.4, 0.5) is 0 Å². The van der Waals surface area contributed by atoms with Crippen molar-refractivity contribution in [3.8, 4) is 0 Å². The standard InChI is InChI=1S/C24H29N3O2/c28-23(26-20-14-18-8-9-19(15-20)25-18)17-10-12-27(13-11-17)24(29)22-7-3-5-16-4-1-2-6-21(16)22/h1-7,17-20,25H,8-15H2,(H,26,28). The lowest BCUT2D eigenvalue weighted by Gasteiger charge is -2.34. The quantitative estimate of drug-likeness (QED) is 0.845. The number of fused-ring (bicyclic) bond motifs is 3. The molecule has 29 heavy (non-hydrogen) atoms. The highest BCUT2D eigenvalue weighted by atomic mass is 16.2. The van der Waals surface area contributed by atoms with Gasteiger partial charge < -0.3 is 15.5 Å². The molecule has 2 bridgehead atoms. The monoisotopic (exact) mass is 391 g/mol. The van der Waals surface area contributed by atoms with Crippen LogP contribution in [0, 0.1) is 5.92 Å². The molecule has 3 aliphatic rings. The van der Waals surface area contributed by atoms with E-state index < -0.39 is 0 Å². The van der Waals surface area contributed by atoms with Crippen molar-refractivity contribution in [2.45, 2.75) is 56.7 Å². The van der Waals surface area contributed by atoms with E-state index in [2.05, 4.69) is 10.6 Å². The summed E-state index contributed by atoms with van der Waals surface area (Å²) in [5.41, 5.74) is 0.760. The molecule has 2 N–H and O–H groups in total. The van der Waals surface area contributed by atoms with Gasteiger partial charge in [0.2, 0.25) is 5.91 Å². The van der Waals surface area contributed by atoms with Crippen molar-refractivity contribution < 1.29 is 9.59 Å². The number of hydrogen-bond acceptors (Lipinski definition) is 3. The van der Waals surface area contributed by atoms with E-state index in [1.54, 1.807) is 0 Å². The summed E-state index contributed by atoms with van der Waals surface area (Å²) in [5, 5.41) is 9.02. The van der Waals surface area contributed by atoms with Crippen molar-refractivity contribution >= 4 is 22.6 Å². The molecule has 0 radical (unpaired) electrons. The summed E-state index contributed by atoms with van der Waals surface area (Å²) in [6.07, 6.45) is 6.10. The van der Waals surface area contributed by atoms with Gasteiger partial charge in [-0.1, -0.05) is 36.4 Å². The number of benzene rings is 2. The zero-order valence-electron chi connectivity index (χ0n) is 16.8. The second-order valence-electron chi connectivity index (χ2n) is 8.91. The Hall–Kier alpha value is -2.40. The number of amides is 2. The Balaban J connectivity index is 1.19. The summed E-state index contributed by atoms with van der Waals surface area (Å²) in [5.74, 6) is 0.295. The predicted molar refractivity (Wildman–Crippen MR) is 114 cm³/mol. The molecule has 3 saturated heterocycles. The van der Waals surface area contributed by atoms with Crippen LogP contribution in [-0.2, 0) is 4.79 Å². The van der Waals surface area contributed by atoms with E-state index in [9.17, 15) is 9.59 Å². The van der Waals surface area contributed by atoms with Gasteiger partial charge >= 0.3 is 0 Å². The van der Waals surface area contributed by atoms with E-state index in [0.717, 1.165) is 42.0 Å². The molecule has 152 valence electrons. The van der Waals surface area contributed by atoms with Gasteiger partial charge in [-0.05, 0) is 55.4 Å². The number of likely N-dealkylation sites (tertiary alicyclic amines) is 1. The van der Waals surface area contributed by atoms with E-state index in [-0.39, 0.29) is 17.7 Å². The van der Waals surface area contributed by atoms with Crippen molar-refractivity contribution in [2.75, 3.05) is 13.1 Å². The van der Waals surface area contributed by atoms with E-state index >= 15 is 0 Å². The summed E-state index contributed by atoms with van der Waals surface area (Å²) >= 11 is 0. The zero-order valence-corrected chi connectivity index (χ0v) is 16.8. The summed E-state index contributed by atoms with van der Waals surface area (Å²) in [6, 6.07) is 15.4. The molecule has 3 fully saturated rings. The maximum atomic E-state index is 13.1. The molecular formula is C24H29N3O2. The van der Waals surface area contributed by atoms with Gasteiger partial charge in [0.1, 0.15) is 0 Å². The molecule has 5 rings (SSSR count). The molecule has 2 atom stereocenters. The van der Waals surface area contributed by atoms with Gasteiger partial charge in [0.05, 0.1) is 0 Å². The zero-order chi connectivity index (χ0) is 19.8. The van der Waals surface area contributed by atoms with Gasteiger partial charge in [0, 0.05) is 42.7 Å². The summed E-state index contributed by atoms with van der Waals surface area (Å²) < 4.78 is 0. The molecule has 5 nitrogen and oxygen atoms in total. The van der Waals surface area contributed by atoms with Crippen molar-refractivity contribution in [1.82, 2.24) is 15.5 Å². The number of carbonyl (C=O) groups excluding carboxylic acids is 2. The highest BCUT2D eigenvalue weighted by Gasteiger charge is 2.35. The fourth-order valence-electron chi connectivity index (χ4n) is 5.42. The van der Waals surface area contributed by atoms with E-state index in [1.165, 1.54) is 12.8 Å². The molecular weight excluding hydrogens is 362 g/mol. The molecule has 3 aliphatic heterocycles. The normalized spacial score (nSPS) is 27.2. The Kier molecular flexibility index (Phi) is 5.00. The van der Waals surface area contributed by atoms with Crippen LogP contribution in [0.2, 0.25) is 0 Å². The maximum absolute atomic E-state index is 13.1. The van der Waals surface area contributed by atoms with Gasteiger partial charge in [0.25, 0.3) is 5.91 Å². The average molecular weight is 392 g/mol. The molecule has 0 aliphatic carbocycles. The maximum Gasteiger partial charge on any atom is 0.254 e. The number of nitrogens with one attached hydrogen (secondary N) is 2. The summed E-state index contributed by atoms with van der Waals surface area (Å²) in [4.78, 5) is 27.8. The smallest absolute Gasteiger partial charge is 0.254 e. The molecule has 2 unspecified atom stereocenters. The third-order valence-corrected chi connectivity index (χ3v) is 6.99. The Labute approximate surface area is 171 Å². The van der Waals surface area contributed by atoms with Gasteiger partial charge in [-0.25, -0.2) is 0 Å². The third kappa shape index (κ3) is 3.76. The minimum Gasteiger partial charge on any atom is -0.353 e. The van der Waals surface area contributed by atoms with Crippen LogP contribution < -0.4 is 10.6 Å². The largest absolute Gasteiger partial charge is 0.353 e. The fraction of sp³-hybridized carbons (Fsp3) is 0.500. The molecule has 5 heteroatoms. The lowest BCUT2D eigenvalue weighted by atomic mass is 9.93. The van der Waals surface area contributed by atoms with Gasteiger partial charge in [-0.15, -0.1) is 0 Å². The number of piperidine rings is 2. The van der Waals surface area contributed by atoms with Crippen molar-refractivity contribution in [3.05, 3.63) is 48.0 Å². The number of nitrogens with zero attached hydrogens (tertiary/aromatic N) is 1. The number of rotatable bonds is 3. The second-order valence-corrected chi connectivity index (χ2v) is 8.91. The molecule has 2 amide bonds. The van der Waals surface area contributed by atoms with Crippen LogP contribution >= 0.6 is 0 Å². The van der Waals surface area contributed by atoms with Gasteiger partial charge in [-0.2, -0.15) is 0 Å². The Morgan fingerprint density at radius 2 is 1.59 bits per heavy atom. The van der Waals surface area contributed by atoms with Crippen LogP contribution in [0.25, 0.3) is 10.8 Å². The molecule has 2 aromatic rings. The van der Waals surface area contributed by atoms with Crippen molar-refractivity contribution in [2.24, 2.45) is 5.92 Å². The minimum absolute atomic E-state index is 0.0270. The van der Waals surface area contributed by atoms with Crippen LogP contribution in [0.1, 0.15) is 48.9 Å². The molecule has 0 spiro atoms. The molecule has 2 aromatic carbocycles. The van der Waals surface area contributed by atoms with Crippen LogP contribution in [0.5, 0.6) is 0 Å². The highest BCUT2D eigenvalue weighted by Crippen LogP contribution is 2.28. The molecule has 0 saturated carbocycles. The Morgan fingerprint density at radius 1 is 0.897 bits per heavy atom. The minimum atomic E-state index is 0.0270. The molecule has 3 heterocycles. The third-order valence-electron chi connectivity index (χ3n) is 6.99.